The molecule has 0 radical (unpaired) electrons. The van der Waals surface area contributed by atoms with Crippen LogP contribution in [0.3, 0.4) is 0 Å². The van der Waals surface area contributed by atoms with Crippen molar-refractivity contribution in [2.75, 3.05) is 5.32 Å². The number of halogens is 1. The Hall–Kier alpha value is -2.37. The van der Waals surface area contributed by atoms with E-state index in [4.69, 9.17) is 11.6 Å². The van der Waals surface area contributed by atoms with Gasteiger partial charge in [-0.3, -0.25) is 4.79 Å². The third-order valence-corrected chi connectivity index (χ3v) is 4.74. The van der Waals surface area contributed by atoms with Gasteiger partial charge < -0.3 is 5.32 Å². The first-order valence-electron chi connectivity index (χ1n) is 7.65. The van der Waals surface area contributed by atoms with Crippen molar-refractivity contribution >= 4 is 49.5 Å². The van der Waals surface area contributed by atoms with Gasteiger partial charge >= 0.3 is 0 Å². The molecule has 0 amide bonds. The van der Waals surface area contributed by atoms with Crippen molar-refractivity contribution in [1.29, 1.82) is 0 Å². The van der Waals surface area contributed by atoms with Crippen molar-refractivity contribution in [2.24, 2.45) is 0 Å². The van der Waals surface area contributed by atoms with Crippen molar-refractivity contribution in [3.05, 3.63) is 70.1 Å². The van der Waals surface area contributed by atoms with Gasteiger partial charge in [-0.2, -0.15) is 0 Å². The summed E-state index contributed by atoms with van der Waals surface area (Å²) in [5, 5.41) is 3.62. The number of nitrogens with one attached hydrogen (secondary N) is 1. The molecule has 0 aliphatic rings. The second kappa shape index (κ2) is 7.03. The zero-order valence-corrected chi connectivity index (χ0v) is 14.9. The highest BCUT2D eigenvalue weighted by atomic mass is 35.5. The van der Waals surface area contributed by atoms with Crippen LogP contribution in [0.2, 0.25) is 5.02 Å². The van der Waals surface area contributed by atoms with E-state index >= 15 is 0 Å². The predicted molar refractivity (Wildman–Crippen MR) is 103 cm³/mol. The molecule has 0 saturated carbocycles. The summed E-state index contributed by atoms with van der Waals surface area (Å²) in [6, 6.07) is 15.1. The van der Waals surface area contributed by atoms with E-state index < -0.39 is 0 Å². The van der Waals surface area contributed by atoms with Gasteiger partial charge in [0.15, 0.2) is 4.96 Å². The fourth-order valence-corrected chi connectivity index (χ4v) is 3.51. The number of thiazole rings is 1. The lowest BCUT2D eigenvalue weighted by atomic mass is 10.3. The highest BCUT2D eigenvalue weighted by Crippen LogP contribution is 2.26. The Kier molecular flexibility index (Phi) is 4.83. The van der Waals surface area contributed by atoms with Gasteiger partial charge in [-0.25, -0.2) is 9.38 Å². The summed E-state index contributed by atoms with van der Waals surface area (Å²) >= 11 is 7.62. The lowest BCUT2D eigenvalue weighted by molar-refractivity contribution is 1.12. The molecule has 24 heavy (non-hydrogen) atoms. The third kappa shape index (κ3) is 2.88. The van der Waals surface area contributed by atoms with Gasteiger partial charge in [0.1, 0.15) is 5.69 Å². The van der Waals surface area contributed by atoms with E-state index in [0.717, 1.165) is 10.2 Å². The number of aromatic nitrogens is 2. The van der Waals surface area contributed by atoms with Crippen LogP contribution in [-0.4, -0.2) is 9.38 Å². The molecule has 0 aliphatic carbocycles. The molecule has 2 aromatic carbocycles. The van der Waals surface area contributed by atoms with Gasteiger partial charge in [-0.1, -0.05) is 61.1 Å². The zero-order chi connectivity index (χ0) is 17.1. The number of para-hydroxylation sites is 2. The molecule has 0 bridgehead atoms. The maximum atomic E-state index is 12.7. The quantitative estimate of drug-likeness (QED) is 0.527. The summed E-state index contributed by atoms with van der Waals surface area (Å²) in [6.07, 6.45) is 1.55. The van der Waals surface area contributed by atoms with Crippen LogP contribution in [0.15, 0.2) is 59.5 Å². The minimum atomic E-state index is -0.137. The van der Waals surface area contributed by atoms with Crippen molar-refractivity contribution in [1.82, 2.24) is 9.38 Å². The average Bonchev–Trinajstić information content (AvgIpc) is 3.00. The minimum absolute atomic E-state index is 0.137. The Morgan fingerprint density at radius 2 is 1.75 bits per heavy atom. The summed E-state index contributed by atoms with van der Waals surface area (Å²) in [5.74, 6) is 0. The number of benzene rings is 2. The number of nitrogens with zero attached hydrogens (tertiary/aromatic N) is 2. The standard InChI is InChI=1S/C16H10ClN3OS.C2H6/c17-10-5-1-2-6-11(10)19-12-9-18-16-20(15(12)21)13-7-3-4-8-14(13)22-16;1-2/h1-9,19H;1-2H3. The van der Waals surface area contributed by atoms with Crippen molar-refractivity contribution in [2.45, 2.75) is 13.8 Å². The highest BCUT2D eigenvalue weighted by Gasteiger charge is 2.11. The molecule has 0 aliphatic heterocycles. The Bertz CT molecular complexity index is 1050. The van der Waals surface area contributed by atoms with Crippen LogP contribution in [0.25, 0.3) is 15.2 Å². The lowest BCUT2D eigenvalue weighted by Crippen LogP contribution is -2.16. The van der Waals surface area contributed by atoms with E-state index in [-0.39, 0.29) is 5.56 Å². The van der Waals surface area contributed by atoms with Gasteiger partial charge in [0, 0.05) is 0 Å². The summed E-state index contributed by atoms with van der Waals surface area (Å²) in [4.78, 5) is 17.8. The summed E-state index contributed by atoms with van der Waals surface area (Å²) in [6.45, 7) is 4.00. The number of anilines is 2. The van der Waals surface area contributed by atoms with E-state index in [9.17, 15) is 4.79 Å². The van der Waals surface area contributed by atoms with Crippen LogP contribution < -0.4 is 10.9 Å². The molecule has 0 saturated heterocycles. The molecule has 2 heterocycles. The molecule has 4 rings (SSSR count). The van der Waals surface area contributed by atoms with Gasteiger partial charge in [-0.15, -0.1) is 0 Å². The Morgan fingerprint density at radius 1 is 1.04 bits per heavy atom. The van der Waals surface area contributed by atoms with Gasteiger partial charge in [0.2, 0.25) is 0 Å². The molecule has 0 unspecified atom stereocenters. The van der Waals surface area contributed by atoms with E-state index in [0.29, 0.717) is 21.4 Å². The second-order valence-electron chi connectivity index (χ2n) is 4.77. The molecular weight excluding hydrogens is 342 g/mol. The Labute approximate surface area is 148 Å². The van der Waals surface area contributed by atoms with Crippen LogP contribution in [-0.2, 0) is 0 Å². The molecular formula is C18H16ClN3OS. The van der Waals surface area contributed by atoms with Gasteiger partial charge in [0.25, 0.3) is 5.56 Å². The van der Waals surface area contributed by atoms with Crippen molar-refractivity contribution < 1.29 is 0 Å². The minimum Gasteiger partial charge on any atom is -0.349 e. The van der Waals surface area contributed by atoms with Gasteiger partial charge in [-0.05, 0) is 24.3 Å². The van der Waals surface area contributed by atoms with Crippen LogP contribution in [0, 0.1) is 0 Å². The lowest BCUT2D eigenvalue weighted by Gasteiger charge is -2.07. The fraction of sp³-hybridized carbons (Fsp3) is 0.111. The molecule has 6 heteroatoms. The predicted octanol–water partition coefficient (Wildman–Crippen LogP) is 5.33. The molecule has 122 valence electrons. The SMILES string of the molecule is CC.O=c1c(Nc2ccccc2Cl)cnc2sc3ccccc3n12. The number of hydrogen-bond acceptors (Lipinski definition) is 4. The van der Waals surface area contributed by atoms with Crippen molar-refractivity contribution in [3.63, 3.8) is 0 Å². The summed E-state index contributed by atoms with van der Waals surface area (Å²) < 4.78 is 2.65. The smallest absolute Gasteiger partial charge is 0.282 e. The van der Waals surface area contributed by atoms with Crippen LogP contribution in [0.4, 0.5) is 11.4 Å². The first-order chi connectivity index (χ1) is 11.7. The molecule has 4 nitrogen and oxygen atoms in total. The van der Waals surface area contributed by atoms with Crippen molar-refractivity contribution in [3.8, 4) is 0 Å². The molecule has 0 spiro atoms. The molecule has 2 aromatic heterocycles. The van der Waals surface area contributed by atoms with Crippen LogP contribution >= 0.6 is 22.9 Å². The third-order valence-electron chi connectivity index (χ3n) is 3.38. The van der Waals surface area contributed by atoms with Gasteiger partial charge in [0.05, 0.1) is 27.1 Å². The maximum absolute atomic E-state index is 12.7. The number of hydrogen-bond donors (Lipinski definition) is 1. The van der Waals surface area contributed by atoms with E-state index in [1.54, 1.807) is 16.7 Å². The van der Waals surface area contributed by atoms with E-state index in [1.807, 2.05) is 56.3 Å². The largest absolute Gasteiger partial charge is 0.349 e. The second-order valence-corrected chi connectivity index (χ2v) is 6.19. The van der Waals surface area contributed by atoms with Crippen LogP contribution in [0.5, 0.6) is 0 Å². The Balaban J connectivity index is 0.000000815. The topological polar surface area (TPSA) is 46.4 Å². The monoisotopic (exact) mass is 357 g/mol. The van der Waals surface area contributed by atoms with Crippen LogP contribution in [0.1, 0.15) is 13.8 Å². The fourth-order valence-electron chi connectivity index (χ4n) is 2.34. The zero-order valence-electron chi connectivity index (χ0n) is 13.3. The normalized spacial score (nSPS) is 10.5. The summed E-state index contributed by atoms with van der Waals surface area (Å²) in [7, 11) is 0. The van der Waals surface area contributed by atoms with E-state index in [1.165, 1.54) is 11.3 Å². The first kappa shape index (κ1) is 16.5. The number of rotatable bonds is 2. The summed E-state index contributed by atoms with van der Waals surface area (Å²) in [5.41, 5.74) is 1.81. The van der Waals surface area contributed by atoms with E-state index in [2.05, 4.69) is 10.3 Å². The molecule has 0 fully saturated rings. The molecule has 1 N–H and O–H groups in total. The maximum Gasteiger partial charge on any atom is 0.282 e. The molecule has 0 atom stereocenters. The Morgan fingerprint density at radius 3 is 2.54 bits per heavy atom. The number of fused-ring (bicyclic) bond motifs is 3. The average molecular weight is 358 g/mol. The highest BCUT2D eigenvalue weighted by molar-refractivity contribution is 7.23. The molecule has 4 aromatic rings. The first-order valence-corrected chi connectivity index (χ1v) is 8.84.